The van der Waals surface area contributed by atoms with Crippen molar-refractivity contribution >= 4 is 0 Å². The van der Waals surface area contributed by atoms with Crippen LogP contribution in [0.2, 0.25) is 0 Å². The van der Waals surface area contributed by atoms with Crippen LogP contribution in [0.25, 0.3) is 0 Å². The first-order valence-corrected chi connectivity index (χ1v) is 8.26. The van der Waals surface area contributed by atoms with E-state index < -0.39 is 0 Å². The van der Waals surface area contributed by atoms with Crippen molar-refractivity contribution in [2.75, 3.05) is 7.05 Å². The Balaban J connectivity index is 2.15. The van der Waals surface area contributed by atoms with Crippen LogP contribution in [0.4, 0.5) is 0 Å². The van der Waals surface area contributed by atoms with Gasteiger partial charge in [-0.15, -0.1) is 0 Å². The van der Waals surface area contributed by atoms with Crippen LogP contribution in [0.5, 0.6) is 0 Å². The van der Waals surface area contributed by atoms with E-state index in [1.54, 1.807) is 0 Å². The molecular formula is C21H27N. The summed E-state index contributed by atoms with van der Waals surface area (Å²) in [5, 5.41) is 0. The van der Waals surface area contributed by atoms with Crippen molar-refractivity contribution < 1.29 is 0 Å². The largest absolute Gasteiger partial charge is 0.298 e. The molecule has 1 heteroatoms. The Morgan fingerprint density at radius 2 is 1.68 bits per heavy atom. The number of likely N-dealkylation sites (N-methyl/N-ethyl adjacent to an activating group) is 1. The minimum Gasteiger partial charge on any atom is -0.298 e. The predicted molar refractivity (Wildman–Crippen MR) is 94.4 cm³/mol. The smallest absolute Gasteiger partial charge is 0.0246 e. The van der Waals surface area contributed by atoms with Crippen molar-refractivity contribution in [3.05, 3.63) is 70.8 Å². The van der Waals surface area contributed by atoms with E-state index in [-0.39, 0.29) is 5.41 Å². The first kappa shape index (κ1) is 15.3. The zero-order valence-electron chi connectivity index (χ0n) is 14.4. The highest BCUT2D eigenvalue weighted by Crippen LogP contribution is 2.39. The molecule has 0 fully saturated rings. The van der Waals surface area contributed by atoms with Gasteiger partial charge in [-0.05, 0) is 41.6 Å². The van der Waals surface area contributed by atoms with Crippen molar-refractivity contribution in [1.82, 2.24) is 4.90 Å². The minimum atomic E-state index is 0.197. The van der Waals surface area contributed by atoms with Crippen molar-refractivity contribution in [2.45, 2.75) is 51.6 Å². The number of rotatable bonds is 1. The molecule has 0 saturated carbocycles. The molecule has 0 N–H and O–H groups in total. The molecule has 0 amide bonds. The number of hydrogen-bond donors (Lipinski definition) is 0. The van der Waals surface area contributed by atoms with E-state index in [1.807, 2.05) is 0 Å². The summed E-state index contributed by atoms with van der Waals surface area (Å²) in [7, 11) is 2.24. The number of hydrogen-bond acceptors (Lipinski definition) is 1. The van der Waals surface area contributed by atoms with Gasteiger partial charge in [0.05, 0.1) is 0 Å². The Hall–Kier alpha value is -1.60. The molecule has 2 aromatic rings. The van der Waals surface area contributed by atoms with Crippen LogP contribution >= 0.6 is 0 Å². The van der Waals surface area contributed by atoms with E-state index in [2.05, 4.69) is 88.2 Å². The molecule has 116 valence electrons. The predicted octanol–water partition coefficient (Wildman–Crippen LogP) is 4.95. The first-order valence-electron chi connectivity index (χ1n) is 8.26. The summed E-state index contributed by atoms with van der Waals surface area (Å²) in [6.07, 6.45) is 0. The maximum Gasteiger partial charge on any atom is 0.0246 e. The normalized spacial score (nSPS) is 22.4. The van der Waals surface area contributed by atoms with Crippen LogP contribution in [-0.2, 0) is 12.0 Å². The minimum absolute atomic E-state index is 0.197. The molecular weight excluding hydrogens is 266 g/mol. The van der Waals surface area contributed by atoms with Gasteiger partial charge in [0.1, 0.15) is 0 Å². The molecule has 1 aliphatic rings. The molecule has 2 aromatic carbocycles. The average Bonchev–Trinajstić information content (AvgIpc) is 2.48. The molecule has 0 aliphatic carbocycles. The molecule has 0 spiro atoms. The Kier molecular flexibility index (Phi) is 3.86. The highest BCUT2D eigenvalue weighted by atomic mass is 15.1. The zero-order valence-corrected chi connectivity index (χ0v) is 14.4. The van der Waals surface area contributed by atoms with E-state index in [0.29, 0.717) is 12.0 Å². The summed E-state index contributed by atoms with van der Waals surface area (Å²) in [6.45, 7) is 10.3. The van der Waals surface area contributed by atoms with Crippen LogP contribution in [0.15, 0.2) is 48.5 Å². The van der Waals surface area contributed by atoms with Gasteiger partial charge >= 0.3 is 0 Å². The van der Waals surface area contributed by atoms with Crippen molar-refractivity contribution in [3.63, 3.8) is 0 Å². The molecule has 1 unspecified atom stereocenters. The van der Waals surface area contributed by atoms with E-state index in [1.165, 1.54) is 22.3 Å². The molecule has 1 aliphatic heterocycles. The Morgan fingerprint density at radius 3 is 2.32 bits per heavy atom. The van der Waals surface area contributed by atoms with E-state index >= 15 is 0 Å². The lowest BCUT2D eigenvalue weighted by atomic mass is 9.76. The van der Waals surface area contributed by atoms with Crippen molar-refractivity contribution in [3.8, 4) is 0 Å². The van der Waals surface area contributed by atoms with Gasteiger partial charge in [0.15, 0.2) is 0 Å². The lowest BCUT2D eigenvalue weighted by Gasteiger charge is -2.40. The maximum absolute atomic E-state index is 2.47. The van der Waals surface area contributed by atoms with Gasteiger partial charge in [-0.25, -0.2) is 0 Å². The Morgan fingerprint density at radius 1 is 1.00 bits per heavy atom. The van der Waals surface area contributed by atoms with Gasteiger partial charge in [-0.2, -0.15) is 0 Å². The summed E-state index contributed by atoms with van der Waals surface area (Å²) in [4.78, 5) is 2.47. The number of benzene rings is 2. The van der Waals surface area contributed by atoms with Crippen LogP contribution in [0.3, 0.4) is 0 Å². The quantitative estimate of drug-likeness (QED) is 0.719. The van der Waals surface area contributed by atoms with Gasteiger partial charge in [0.2, 0.25) is 0 Å². The molecule has 3 rings (SSSR count). The fourth-order valence-electron chi connectivity index (χ4n) is 3.54. The lowest BCUT2D eigenvalue weighted by molar-refractivity contribution is 0.212. The van der Waals surface area contributed by atoms with Gasteiger partial charge in [-0.3, -0.25) is 4.90 Å². The highest BCUT2D eigenvalue weighted by Gasteiger charge is 2.32. The summed E-state index contributed by atoms with van der Waals surface area (Å²) in [5.74, 6) is 0.456. The molecule has 2 atom stereocenters. The van der Waals surface area contributed by atoms with E-state index in [0.717, 1.165) is 6.54 Å². The highest BCUT2D eigenvalue weighted by molar-refractivity contribution is 5.45. The SMILES string of the molecule is C[C@H]1C(c2ccccc2)c2cc(C(C)(C)C)ccc2CN1C. The second-order valence-corrected chi connectivity index (χ2v) is 7.71. The molecule has 0 aromatic heterocycles. The monoisotopic (exact) mass is 293 g/mol. The summed E-state index contributed by atoms with van der Waals surface area (Å²) in [5.41, 5.74) is 6.05. The molecule has 0 bridgehead atoms. The van der Waals surface area contributed by atoms with Gasteiger partial charge < -0.3 is 0 Å². The van der Waals surface area contributed by atoms with Crippen LogP contribution in [0.1, 0.15) is 55.9 Å². The number of nitrogens with zero attached hydrogens (tertiary/aromatic N) is 1. The second-order valence-electron chi connectivity index (χ2n) is 7.71. The fraction of sp³-hybridized carbons (Fsp3) is 0.429. The van der Waals surface area contributed by atoms with Crippen molar-refractivity contribution in [1.29, 1.82) is 0 Å². The summed E-state index contributed by atoms with van der Waals surface area (Å²) >= 11 is 0. The standard InChI is InChI=1S/C21H27N/c1-15-20(16-9-7-6-8-10-16)19-13-18(21(2,3)4)12-11-17(19)14-22(15)5/h6-13,15,20H,14H2,1-5H3/t15-,20?/m0/s1. The lowest BCUT2D eigenvalue weighted by Crippen LogP contribution is -2.39. The van der Waals surface area contributed by atoms with Crippen LogP contribution < -0.4 is 0 Å². The summed E-state index contributed by atoms with van der Waals surface area (Å²) < 4.78 is 0. The van der Waals surface area contributed by atoms with E-state index in [4.69, 9.17) is 0 Å². The Bertz CT molecular complexity index is 651. The topological polar surface area (TPSA) is 3.24 Å². The molecule has 0 saturated heterocycles. The molecule has 22 heavy (non-hydrogen) atoms. The van der Waals surface area contributed by atoms with Crippen LogP contribution in [0, 0.1) is 0 Å². The second kappa shape index (κ2) is 5.55. The zero-order chi connectivity index (χ0) is 15.9. The van der Waals surface area contributed by atoms with E-state index in [9.17, 15) is 0 Å². The van der Waals surface area contributed by atoms with Crippen LogP contribution in [-0.4, -0.2) is 18.0 Å². The third-order valence-corrected chi connectivity index (χ3v) is 5.10. The fourth-order valence-corrected chi connectivity index (χ4v) is 3.54. The summed E-state index contributed by atoms with van der Waals surface area (Å²) in [6, 6.07) is 18.6. The average molecular weight is 293 g/mol. The van der Waals surface area contributed by atoms with Crippen molar-refractivity contribution in [2.24, 2.45) is 0 Å². The third kappa shape index (κ3) is 2.70. The number of fused-ring (bicyclic) bond motifs is 1. The molecule has 1 nitrogen and oxygen atoms in total. The maximum atomic E-state index is 2.47. The Labute approximate surface area is 135 Å². The first-order chi connectivity index (χ1) is 10.4. The van der Waals surface area contributed by atoms with Gasteiger partial charge in [0, 0.05) is 18.5 Å². The molecule has 0 radical (unpaired) electrons. The third-order valence-electron chi connectivity index (χ3n) is 5.10. The molecule has 1 heterocycles. The van der Waals surface area contributed by atoms with Gasteiger partial charge in [0.25, 0.3) is 0 Å². The van der Waals surface area contributed by atoms with Gasteiger partial charge in [-0.1, -0.05) is 69.3 Å².